The first-order valence-corrected chi connectivity index (χ1v) is 7.25. The molecule has 104 valence electrons. The highest BCUT2D eigenvalue weighted by Gasteiger charge is 2.16. The van der Waals surface area contributed by atoms with E-state index >= 15 is 0 Å². The molecule has 0 spiro atoms. The van der Waals surface area contributed by atoms with Crippen LogP contribution in [0.2, 0.25) is 5.02 Å². The molecule has 0 bridgehead atoms. The van der Waals surface area contributed by atoms with Gasteiger partial charge in [0.15, 0.2) is 0 Å². The van der Waals surface area contributed by atoms with E-state index in [-0.39, 0.29) is 5.02 Å². The third-order valence-electron chi connectivity index (χ3n) is 3.60. The van der Waals surface area contributed by atoms with Crippen molar-refractivity contribution in [2.45, 2.75) is 33.2 Å². The van der Waals surface area contributed by atoms with Crippen LogP contribution in [0.4, 0.5) is 4.39 Å². The Balaban J connectivity index is 2.53. The van der Waals surface area contributed by atoms with Gasteiger partial charge >= 0.3 is 0 Å². The molecule has 0 aliphatic heterocycles. The minimum absolute atomic E-state index is 0.0928. The second-order valence-corrected chi connectivity index (χ2v) is 5.92. The molecule has 0 amide bonds. The number of imidazole rings is 1. The SMILES string of the molecule is CC(C)C(C)Cn1c(CCl)nc2cc(Cl)c(F)cc21. The summed E-state index contributed by atoms with van der Waals surface area (Å²) in [5, 5.41) is 0.0928. The number of rotatable bonds is 4. The van der Waals surface area contributed by atoms with Crippen molar-refractivity contribution in [3.05, 3.63) is 28.8 Å². The molecule has 5 heteroatoms. The van der Waals surface area contributed by atoms with Gasteiger partial charge in [-0.05, 0) is 17.9 Å². The van der Waals surface area contributed by atoms with Crippen molar-refractivity contribution in [3.63, 3.8) is 0 Å². The Morgan fingerprint density at radius 2 is 2.00 bits per heavy atom. The van der Waals surface area contributed by atoms with Crippen LogP contribution in [0.5, 0.6) is 0 Å². The molecule has 2 aromatic rings. The molecule has 0 N–H and O–H groups in total. The van der Waals surface area contributed by atoms with Gasteiger partial charge < -0.3 is 4.57 Å². The third kappa shape index (κ3) is 2.87. The van der Waals surface area contributed by atoms with Crippen molar-refractivity contribution in [1.29, 1.82) is 0 Å². The summed E-state index contributed by atoms with van der Waals surface area (Å²) in [6.07, 6.45) is 0. The highest BCUT2D eigenvalue weighted by Crippen LogP contribution is 2.26. The number of aromatic nitrogens is 2. The standard InChI is InChI=1S/C14H17Cl2FN2/c1-8(2)9(3)7-19-13-5-11(17)10(16)4-12(13)18-14(19)6-15/h4-5,8-9H,6-7H2,1-3H3. The zero-order valence-electron chi connectivity index (χ0n) is 11.3. The van der Waals surface area contributed by atoms with Gasteiger partial charge in [-0.15, -0.1) is 11.6 Å². The summed E-state index contributed by atoms with van der Waals surface area (Å²) in [6.45, 7) is 7.28. The smallest absolute Gasteiger partial charge is 0.144 e. The van der Waals surface area contributed by atoms with Crippen molar-refractivity contribution in [2.75, 3.05) is 0 Å². The molecule has 1 aromatic carbocycles. The van der Waals surface area contributed by atoms with Crippen LogP contribution in [0.1, 0.15) is 26.6 Å². The van der Waals surface area contributed by atoms with Crippen molar-refractivity contribution < 1.29 is 4.39 Å². The lowest BCUT2D eigenvalue weighted by Crippen LogP contribution is -2.14. The molecule has 0 radical (unpaired) electrons. The molecule has 1 heterocycles. The van der Waals surface area contributed by atoms with E-state index in [0.29, 0.717) is 23.2 Å². The fraction of sp³-hybridized carbons (Fsp3) is 0.500. The Bertz CT molecular complexity index is 593. The summed E-state index contributed by atoms with van der Waals surface area (Å²) < 4.78 is 15.6. The lowest BCUT2D eigenvalue weighted by atomic mass is 9.98. The molecular weight excluding hydrogens is 286 g/mol. The lowest BCUT2D eigenvalue weighted by Gasteiger charge is -2.18. The zero-order chi connectivity index (χ0) is 14.2. The van der Waals surface area contributed by atoms with Crippen LogP contribution in [-0.4, -0.2) is 9.55 Å². The average Bonchev–Trinajstić information content (AvgIpc) is 2.67. The van der Waals surface area contributed by atoms with Gasteiger partial charge in [0.25, 0.3) is 0 Å². The van der Waals surface area contributed by atoms with Gasteiger partial charge in [0.1, 0.15) is 11.6 Å². The molecule has 0 saturated carbocycles. The first kappa shape index (κ1) is 14.6. The van der Waals surface area contributed by atoms with Gasteiger partial charge in [-0.25, -0.2) is 9.37 Å². The molecular formula is C14H17Cl2FN2. The lowest BCUT2D eigenvalue weighted by molar-refractivity contribution is 0.365. The normalized spacial score (nSPS) is 13.4. The van der Waals surface area contributed by atoms with Crippen molar-refractivity contribution in [2.24, 2.45) is 11.8 Å². The monoisotopic (exact) mass is 302 g/mol. The van der Waals surface area contributed by atoms with Crippen LogP contribution in [0.25, 0.3) is 11.0 Å². The Morgan fingerprint density at radius 1 is 1.32 bits per heavy atom. The van der Waals surface area contributed by atoms with E-state index in [1.54, 1.807) is 6.07 Å². The fourth-order valence-corrected chi connectivity index (χ4v) is 2.34. The van der Waals surface area contributed by atoms with Gasteiger partial charge in [0, 0.05) is 12.6 Å². The predicted molar refractivity (Wildman–Crippen MR) is 78.3 cm³/mol. The summed E-state index contributed by atoms with van der Waals surface area (Å²) in [6, 6.07) is 2.99. The zero-order valence-corrected chi connectivity index (χ0v) is 12.8. The Labute approximate surface area is 122 Å². The third-order valence-corrected chi connectivity index (χ3v) is 4.13. The van der Waals surface area contributed by atoms with E-state index in [9.17, 15) is 4.39 Å². The van der Waals surface area contributed by atoms with Crippen molar-refractivity contribution >= 4 is 34.2 Å². The molecule has 0 fully saturated rings. The van der Waals surface area contributed by atoms with Gasteiger partial charge in [0.05, 0.1) is 21.9 Å². The fourth-order valence-electron chi connectivity index (χ4n) is 1.97. The van der Waals surface area contributed by atoms with Crippen LogP contribution in [0.3, 0.4) is 0 Å². The topological polar surface area (TPSA) is 17.8 Å². The highest BCUT2D eigenvalue weighted by atomic mass is 35.5. The molecule has 2 nitrogen and oxygen atoms in total. The van der Waals surface area contributed by atoms with E-state index in [0.717, 1.165) is 17.9 Å². The Hall–Kier alpha value is -0.800. The molecule has 2 rings (SSSR count). The Kier molecular flexibility index (Phi) is 4.36. The quantitative estimate of drug-likeness (QED) is 0.738. The molecule has 0 aliphatic rings. The number of hydrogen-bond acceptors (Lipinski definition) is 1. The van der Waals surface area contributed by atoms with Crippen molar-refractivity contribution in [1.82, 2.24) is 9.55 Å². The van der Waals surface area contributed by atoms with E-state index < -0.39 is 5.82 Å². The van der Waals surface area contributed by atoms with E-state index in [2.05, 4.69) is 25.8 Å². The van der Waals surface area contributed by atoms with Crippen LogP contribution in [0.15, 0.2) is 12.1 Å². The second-order valence-electron chi connectivity index (χ2n) is 5.25. The number of hydrogen-bond donors (Lipinski definition) is 0. The van der Waals surface area contributed by atoms with Gasteiger partial charge in [-0.3, -0.25) is 0 Å². The van der Waals surface area contributed by atoms with Crippen LogP contribution in [-0.2, 0) is 12.4 Å². The average molecular weight is 303 g/mol. The highest BCUT2D eigenvalue weighted by molar-refractivity contribution is 6.31. The summed E-state index contributed by atoms with van der Waals surface area (Å²) >= 11 is 11.7. The van der Waals surface area contributed by atoms with E-state index in [1.807, 2.05) is 4.57 Å². The molecule has 1 aromatic heterocycles. The van der Waals surface area contributed by atoms with Gasteiger partial charge in [-0.2, -0.15) is 0 Å². The summed E-state index contributed by atoms with van der Waals surface area (Å²) in [5.74, 6) is 1.63. The van der Waals surface area contributed by atoms with Crippen LogP contribution < -0.4 is 0 Å². The summed E-state index contributed by atoms with van der Waals surface area (Å²) in [4.78, 5) is 4.43. The summed E-state index contributed by atoms with van der Waals surface area (Å²) in [7, 11) is 0. The number of alkyl halides is 1. The molecule has 1 atom stereocenters. The molecule has 1 unspecified atom stereocenters. The molecule has 0 saturated heterocycles. The minimum atomic E-state index is -0.423. The number of nitrogens with zero attached hydrogens (tertiary/aromatic N) is 2. The number of halogens is 3. The minimum Gasteiger partial charge on any atom is -0.327 e. The van der Waals surface area contributed by atoms with E-state index in [4.69, 9.17) is 23.2 Å². The molecule has 0 aliphatic carbocycles. The van der Waals surface area contributed by atoms with Crippen molar-refractivity contribution in [3.8, 4) is 0 Å². The van der Waals surface area contributed by atoms with E-state index in [1.165, 1.54) is 6.07 Å². The Morgan fingerprint density at radius 3 is 2.58 bits per heavy atom. The van der Waals surface area contributed by atoms with Gasteiger partial charge in [-0.1, -0.05) is 32.4 Å². The predicted octanol–water partition coefficient (Wildman–Crippen LogP) is 4.86. The first-order valence-electron chi connectivity index (χ1n) is 6.34. The summed E-state index contributed by atoms with van der Waals surface area (Å²) in [5.41, 5.74) is 1.45. The first-order chi connectivity index (χ1) is 8.93. The number of benzene rings is 1. The van der Waals surface area contributed by atoms with Crippen LogP contribution in [0, 0.1) is 17.7 Å². The maximum absolute atomic E-state index is 13.6. The largest absolute Gasteiger partial charge is 0.327 e. The van der Waals surface area contributed by atoms with Crippen LogP contribution >= 0.6 is 23.2 Å². The van der Waals surface area contributed by atoms with Gasteiger partial charge in [0.2, 0.25) is 0 Å². The maximum atomic E-state index is 13.6. The second kappa shape index (κ2) is 5.68. The molecule has 19 heavy (non-hydrogen) atoms. The maximum Gasteiger partial charge on any atom is 0.144 e. The number of fused-ring (bicyclic) bond motifs is 1.